The van der Waals surface area contributed by atoms with Gasteiger partial charge >= 0.3 is 0 Å². The van der Waals surface area contributed by atoms with Crippen molar-refractivity contribution in [2.45, 2.75) is 25.8 Å². The van der Waals surface area contributed by atoms with Gasteiger partial charge in [0, 0.05) is 5.02 Å². The van der Waals surface area contributed by atoms with Gasteiger partial charge in [0.15, 0.2) is 0 Å². The molecule has 2 rings (SSSR count). The second kappa shape index (κ2) is 9.08. The molecule has 0 aliphatic heterocycles. The summed E-state index contributed by atoms with van der Waals surface area (Å²) < 4.78 is 0. The Hall–Kier alpha value is -2.33. The summed E-state index contributed by atoms with van der Waals surface area (Å²) in [6, 6.07) is 16.7. The molecule has 2 aromatic rings. The summed E-state index contributed by atoms with van der Waals surface area (Å²) in [5, 5.41) is 6.23. The second-order valence-electron chi connectivity index (χ2n) is 5.52. The molecular formula is C19H21ClN2O2. The van der Waals surface area contributed by atoms with Crippen molar-refractivity contribution in [3.05, 3.63) is 70.7 Å². The smallest absolute Gasteiger partial charge is 0.239 e. The summed E-state index contributed by atoms with van der Waals surface area (Å²) in [6.45, 7) is 1.96. The number of nitrogens with one attached hydrogen (secondary N) is 2. The number of rotatable bonds is 7. The Morgan fingerprint density at radius 1 is 1.00 bits per heavy atom. The average molecular weight is 345 g/mol. The van der Waals surface area contributed by atoms with Crippen LogP contribution in [-0.4, -0.2) is 18.4 Å². The highest BCUT2D eigenvalue weighted by Crippen LogP contribution is 2.18. The molecule has 0 radical (unpaired) electrons. The lowest BCUT2D eigenvalue weighted by molar-refractivity contribution is -0.126. The van der Waals surface area contributed by atoms with Crippen molar-refractivity contribution in [3.63, 3.8) is 0 Å². The maximum Gasteiger partial charge on any atom is 0.239 e. The second-order valence-corrected chi connectivity index (χ2v) is 5.96. The summed E-state index contributed by atoms with van der Waals surface area (Å²) in [7, 11) is 0. The summed E-state index contributed by atoms with van der Waals surface area (Å²) in [6.07, 6.45) is 1.02. The van der Waals surface area contributed by atoms with Gasteiger partial charge in [-0.3, -0.25) is 9.59 Å². The lowest BCUT2D eigenvalue weighted by Crippen LogP contribution is -2.39. The van der Waals surface area contributed by atoms with Gasteiger partial charge in [0.25, 0.3) is 0 Å². The number of carbonyl (C=O) groups excluding carboxylic acids is 2. The lowest BCUT2D eigenvalue weighted by Gasteiger charge is -2.18. The Balaban J connectivity index is 1.81. The van der Waals surface area contributed by atoms with Gasteiger partial charge < -0.3 is 10.6 Å². The van der Waals surface area contributed by atoms with Crippen molar-refractivity contribution in [1.29, 1.82) is 0 Å². The SMILES string of the molecule is CC[C@H](NC(=O)CNC(=O)Cc1ccccc1)c1ccc(Cl)cc1. The molecule has 0 bridgehead atoms. The van der Waals surface area contributed by atoms with Gasteiger partial charge in [-0.05, 0) is 29.7 Å². The molecule has 2 amide bonds. The minimum atomic E-state index is -0.210. The van der Waals surface area contributed by atoms with Crippen molar-refractivity contribution >= 4 is 23.4 Å². The zero-order valence-electron chi connectivity index (χ0n) is 13.6. The van der Waals surface area contributed by atoms with E-state index in [0.29, 0.717) is 5.02 Å². The van der Waals surface area contributed by atoms with E-state index < -0.39 is 0 Å². The molecular weight excluding hydrogens is 324 g/mol. The Bertz CT molecular complexity index is 672. The van der Waals surface area contributed by atoms with Crippen LogP contribution in [0.5, 0.6) is 0 Å². The molecule has 0 unspecified atom stereocenters. The minimum absolute atomic E-state index is 0.0320. The van der Waals surface area contributed by atoms with Gasteiger partial charge in [-0.1, -0.05) is 61.0 Å². The zero-order chi connectivity index (χ0) is 17.4. The summed E-state index contributed by atoms with van der Waals surface area (Å²) >= 11 is 5.88. The van der Waals surface area contributed by atoms with E-state index in [1.165, 1.54) is 0 Å². The highest BCUT2D eigenvalue weighted by molar-refractivity contribution is 6.30. The van der Waals surface area contributed by atoms with Crippen LogP contribution in [0.3, 0.4) is 0 Å². The zero-order valence-corrected chi connectivity index (χ0v) is 14.3. The van der Waals surface area contributed by atoms with Crippen LogP contribution in [0, 0.1) is 0 Å². The van der Waals surface area contributed by atoms with Crippen LogP contribution in [0.2, 0.25) is 5.02 Å². The molecule has 2 aromatic carbocycles. The largest absolute Gasteiger partial charge is 0.348 e. The van der Waals surface area contributed by atoms with Gasteiger partial charge in [-0.2, -0.15) is 0 Å². The maximum atomic E-state index is 12.1. The van der Waals surface area contributed by atoms with Crippen LogP contribution < -0.4 is 10.6 Å². The normalized spacial score (nSPS) is 11.6. The molecule has 0 heterocycles. The topological polar surface area (TPSA) is 58.2 Å². The molecule has 4 nitrogen and oxygen atoms in total. The molecule has 0 saturated heterocycles. The van der Waals surface area contributed by atoms with E-state index in [0.717, 1.165) is 17.5 Å². The number of amides is 2. The first-order chi connectivity index (χ1) is 11.6. The standard InChI is InChI=1S/C19H21ClN2O2/c1-2-17(15-8-10-16(20)11-9-15)22-19(24)13-21-18(23)12-14-6-4-3-5-7-14/h3-11,17H,2,12-13H2,1H3,(H,21,23)(H,22,24)/t17-/m0/s1. The first-order valence-corrected chi connectivity index (χ1v) is 8.31. The molecule has 2 N–H and O–H groups in total. The van der Waals surface area contributed by atoms with Crippen molar-refractivity contribution < 1.29 is 9.59 Å². The highest BCUT2D eigenvalue weighted by Gasteiger charge is 2.13. The summed E-state index contributed by atoms with van der Waals surface area (Å²) in [5.74, 6) is -0.380. The van der Waals surface area contributed by atoms with Crippen molar-refractivity contribution in [3.8, 4) is 0 Å². The van der Waals surface area contributed by atoms with Crippen molar-refractivity contribution in [2.75, 3.05) is 6.54 Å². The predicted molar refractivity (Wildman–Crippen MR) is 95.8 cm³/mol. The van der Waals surface area contributed by atoms with E-state index in [2.05, 4.69) is 10.6 Å². The van der Waals surface area contributed by atoms with E-state index in [1.54, 1.807) is 12.1 Å². The van der Waals surface area contributed by atoms with Gasteiger partial charge in [-0.25, -0.2) is 0 Å². The van der Waals surface area contributed by atoms with Gasteiger partial charge in [0.2, 0.25) is 11.8 Å². The maximum absolute atomic E-state index is 12.1. The number of benzene rings is 2. The Morgan fingerprint density at radius 2 is 1.67 bits per heavy atom. The Kier molecular flexibility index (Phi) is 6.82. The van der Waals surface area contributed by atoms with E-state index >= 15 is 0 Å². The predicted octanol–water partition coefficient (Wildman–Crippen LogP) is 3.27. The molecule has 0 fully saturated rings. The number of hydrogen-bond acceptors (Lipinski definition) is 2. The summed E-state index contributed by atoms with van der Waals surface area (Å²) in [4.78, 5) is 23.9. The van der Waals surface area contributed by atoms with Gasteiger partial charge in [0.1, 0.15) is 0 Å². The van der Waals surface area contributed by atoms with Gasteiger partial charge in [0.05, 0.1) is 19.0 Å². The van der Waals surface area contributed by atoms with E-state index in [-0.39, 0.29) is 30.8 Å². The third kappa shape index (κ3) is 5.70. The summed E-state index contributed by atoms with van der Waals surface area (Å²) in [5.41, 5.74) is 1.91. The highest BCUT2D eigenvalue weighted by atomic mass is 35.5. The quantitative estimate of drug-likeness (QED) is 0.810. The van der Waals surface area contributed by atoms with Crippen LogP contribution in [0.1, 0.15) is 30.5 Å². The van der Waals surface area contributed by atoms with Crippen LogP contribution in [0.15, 0.2) is 54.6 Å². The third-order valence-electron chi connectivity index (χ3n) is 3.67. The van der Waals surface area contributed by atoms with E-state index in [9.17, 15) is 9.59 Å². The molecule has 5 heteroatoms. The molecule has 1 atom stereocenters. The van der Waals surface area contributed by atoms with E-state index in [1.807, 2.05) is 49.4 Å². The fourth-order valence-electron chi connectivity index (χ4n) is 2.38. The number of halogens is 1. The van der Waals surface area contributed by atoms with Crippen LogP contribution in [-0.2, 0) is 16.0 Å². The molecule has 0 aliphatic rings. The van der Waals surface area contributed by atoms with Crippen LogP contribution in [0.25, 0.3) is 0 Å². The molecule has 0 saturated carbocycles. The number of carbonyl (C=O) groups is 2. The number of hydrogen-bond donors (Lipinski definition) is 2. The Labute approximate surface area is 147 Å². The lowest BCUT2D eigenvalue weighted by atomic mass is 10.0. The average Bonchev–Trinajstić information content (AvgIpc) is 2.59. The molecule has 0 aromatic heterocycles. The fraction of sp³-hybridized carbons (Fsp3) is 0.263. The molecule has 24 heavy (non-hydrogen) atoms. The van der Waals surface area contributed by atoms with Crippen LogP contribution in [0.4, 0.5) is 0 Å². The minimum Gasteiger partial charge on any atom is -0.348 e. The molecule has 0 aliphatic carbocycles. The van der Waals surface area contributed by atoms with Crippen molar-refractivity contribution in [1.82, 2.24) is 10.6 Å². The molecule has 126 valence electrons. The fourth-order valence-corrected chi connectivity index (χ4v) is 2.51. The van der Waals surface area contributed by atoms with Crippen molar-refractivity contribution in [2.24, 2.45) is 0 Å². The molecule has 0 spiro atoms. The van der Waals surface area contributed by atoms with E-state index in [4.69, 9.17) is 11.6 Å². The first-order valence-electron chi connectivity index (χ1n) is 7.94. The first kappa shape index (κ1) is 18.0. The third-order valence-corrected chi connectivity index (χ3v) is 3.92. The Morgan fingerprint density at radius 3 is 2.29 bits per heavy atom. The monoisotopic (exact) mass is 344 g/mol. The van der Waals surface area contributed by atoms with Gasteiger partial charge in [-0.15, -0.1) is 0 Å². The van der Waals surface area contributed by atoms with Crippen LogP contribution >= 0.6 is 11.6 Å².